The van der Waals surface area contributed by atoms with Crippen molar-refractivity contribution in [1.29, 1.82) is 0 Å². The van der Waals surface area contributed by atoms with Crippen LogP contribution in [0.2, 0.25) is 0 Å². The Bertz CT molecular complexity index is 760. The molecule has 0 unspecified atom stereocenters. The third-order valence-electron chi connectivity index (χ3n) is 3.03. The average Bonchev–Trinajstić information content (AvgIpc) is 2.47. The zero-order chi connectivity index (χ0) is 17.0. The van der Waals surface area contributed by atoms with Crippen molar-refractivity contribution in [2.24, 2.45) is 0 Å². The van der Waals surface area contributed by atoms with Crippen LogP contribution in [-0.2, 0) is 9.84 Å². The molecule has 0 aromatic heterocycles. The lowest BCUT2D eigenvalue weighted by molar-refractivity contribution is 0.102. The molecule has 0 aliphatic carbocycles. The van der Waals surface area contributed by atoms with Crippen LogP contribution in [0.5, 0.6) is 0 Å². The molecular formula is C16H12Br2O4S. The molecule has 0 N–H and O–H groups in total. The van der Waals surface area contributed by atoms with Gasteiger partial charge in [-0.05, 0) is 24.3 Å². The van der Waals surface area contributed by atoms with E-state index in [-0.39, 0.29) is 0 Å². The third-order valence-corrected chi connectivity index (χ3v) is 5.50. The molecule has 0 atom stereocenters. The molecule has 0 amide bonds. The minimum atomic E-state index is -3.82. The molecule has 0 heterocycles. The number of Topliss-reactive ketones (excluding diaryl/α,β-unsaturated/α-hetero) is 2. The number of halogens is 2. The van der Waals surface area contributed by atoms with E-state index in [1.165, 1.54) is 0 Å². The molecule has 23 heavy (non-hydrogen) atoms. The fourth-order valence-corrected chi connectivity index (χ4v) is 3.65. The van der Waals surface area contributed by atoms with E-state index in [2.05, 4.69) is 31.9 Å². The summed E-state index contributed by atoms with van der Waals surface area (Å²) in [5.41, 5.74) is 0.598. The van der Waals surface area contributed by atoms with E-state index in [1.807, 2.05) is 0 Å². The van der Waals surface area contributed by atoms with Crippen LogP contribution >= 0.6 is 31.9 Å². The van der Waals surface area contributed by atoms with Crippen molar-refractivity contribution in [1.82, 2.24) is 0 Å². The lowest BCUT2D eigenvalue weighted by Gasteiger charge is -2.04. The van der Waals surface area contributed by atoms with Gasteiger partial charge in [0.1, 0.15) is 11.5 Å². The van der Waals surface area contributed by atoms with Crippen LogP contribution in [0.15, 0.2) is 57.5 Å². The lowest BCUT2D eigenvalue weighted by atomic mass is 10.1. The Morgan fingerprint density at radius 2 is 1.00 bits per heavy atom. The standard InChI is InChI=1S/C16H12Br2O4S/c17-13-5-1-11(2-6-13)15(19)9-23(21,22)10-16(20)12-3-7-14(18)8-4-12/h1-8H,9-10H2. The monoisotopic (exact) mass is 458 g/mol. The van der Waals surface area contributed by atoms with Crippen molar-refractivity contribution in [3.8, 4) is 0 Å². The molecule has 2 aromatic carbocycles. The van der Waals surface area contributed by atoms with Gasteiger partial charge in [0.2, 0.25) is 0 Å². The van der Waals surface area contributed by atoms with E-state index in [4.69, 9.17) is 0 Å². The van der Waals surface area contributed by atoms with E-state index in [9.17, 15) is 18.0 Å². The van der Waals surface area contributed by atoms with Crippen LogP contribution in [0.4, 0.5) is 0 Å². The van der Waals surface area contributed by atoms with Gasteiger partial charge in [-0.2, -0.15) is 0 Å². The van der Waals surface area contributed by atoms with Gasteiger partial charge in [-0.15, -0.1) is 0 Å². The second kappa shape index (κ2) is 7.51. The average molecular weight is 460 g/mol. The van der Waals surface area contributed by atoms with Crippen LogP contribution in [-0.4, -0.2) is 31.5 Å². The third kappa shape index (κ3) is 5.37. The second-order valence-electron chi connectivity index (χ2n) is 4.89. The Morgan fingerprint density at radius 3 is 1.30 bits per heavy atom. The number of carbonyl (C=O) groups is 2. The molecule has 7 heteroatoms. The highest BCUT2D eigenvalue weighted by atomic mass is 79.9. The van der Waals surface area contributed by atoms with Crippen LogP contribution in [0.25, 0.3) is 0 Å². The fraction of sp³-hybridized carbons (Fsp3) is 0.125. The van der Waals surface area contributed by atoms with Gasteiger partial charge in [0, 0.05) is 20.1 Å². The number of ketones is 2. The molecule has 0 fully saturated rings. The van der Waals surface area contributed by atoms with E-state index in [1.54, 1.807) is 48.5 Å². The normalized spacial score (nSPS) is 11.2. The van der Waals surface area contributed by atoms with E-state index >= 15 is 0 Å². The summed E-state index contributed by atoms with van der Waals surface area (Å²) in [6, 6.07) is 12.8. The maximum atomic E-state index is 12.1. The molecule has 4 nitrogen and oxygen atoms in total. The smallest absolute Gasteiger partial charge is 0.177 e. The predicted molar refractivity (Wildman–Crippen MR) is 95.6 cm³/mol. The lowest BCUT2D eigenvalue weighted by Crippen LogP contribution is -2.23. The molecule has 2 rings (SSSR count). The molecular weight excluding hydrogens is 448 g/mol. The number of hydrogen-bond acceptors (Lipinski definition) is 4. The number of benzene rings is 2. The summed E-state index contributed by atoms with van der Waals surface area (Å²) in [6.07, 6.45) is 0. The molecule has 2 aromatic rings. The summed E-state index contributed by atoms with van der Waals surface area (Å²) < 4.78 is 25.7. The van der Waals surface area contributed by atoms with Gasteiger partial charge in [-0.25, -0.2) is 8.42 Å². The molecule has 0 spiro atoms. The Morgan fingerprint density at radius 1 is 0.696 bits per heavy atom. The molecule has 0 aliphatic heterocycles. The molecule has 0 aliphatic rings. The van der Waals surface area contributed by atoms with Gasteiger partial charge in [0.15, 0.2) is 21.4 Å². The zero-order valence-electron chi connectivity index (χ0n) is 11.8. The number of carbonyl (C=O) groups excluding carboxylic acids is 2. The van der Waals surface area contributed by atoms with Crippen molar-refractivity contribution in [3.63, 3.8) is 0 Å². The van der Waals surface area contributed by atoms with Crippen molar-refractivity contribution in [2.45, 2.75) is 0 Å². The molecule has 0 saturated heterocycles. The Kier molecular flexibility index (Phi) is 5.89. The summed E-state index contributed by atoms with van der Waals surface area (Å²) in [6.45, 7) is 0. The van der Waals surface area contributed by atoms with Crippen molar-refractivity contribution in [3.05, 3.63) is 68.6 Å². The van der Waals surface area contributed by atoms with Crippen LogP contribution in [0, 0.1) is 0 Å². The van der Waals surface area contributed by atoms with E-state index in [0.29, 0.717) is 11.1 Å². The summed E-state index contributed by atoms with van der Waals surface area (Å²) in [5.74, 6) is -2.42. The first-order chi connectivity index (χ1) is 10.8. The minimum absolute atomic E-state index is 0.299. The molecule has 0 saturated carbocycles. The number of hydrogen-bond donors (Lipinski definition) is 0. The van der Waals surface area contributed by atoms with Gasteiger partial charge >= 0.3 is 0 Å². The van der Waals surface area contributed by atoms with Gasteiger partial charge < -0.3 is 0 Å². The first kappa shape index (κ1) is 18.0. The Labute approximate surface area is 151 Å². The van der Waals surface area contributed by atoms with E-state index < -0.39 is 32.9 Å². The number of rotatable bonds is 6. The van der Waals surface area contributed by atoms with Gasteiger partial charge in [0.25, 0.3) is 0 Å². The van der Waals surface area contributed by atoms with Gasteiger partial charge in [0.05, 0.1) is 0 Å². The maximum Gasteiger partial charge on any atom is 0.177 e. The van der Waals surface area contributed by atoms with E-state index in [0.717, 1.165) is 8.95 Å². The van der Waals surface area contributed by atoms with Crippen LogP contribution in [0.1, 0.15) is 20.7 Å². The summed E-state index contributed by atoms with van der Waals surface area (Å²) in [4.78, 5) is 24.0. The number of sulfone groups is 1. The maximum absolute atomic E-state index is 12.1. The zero-order valence-corrected chi connectivity index (χ0v) is 15.8. The minimum Gasteiger partial charge on any atom is -0.293 e. The predicted octanol–water partition coefficient (Wildman–Crippen LogP) is 3.69. The van der Waals surface area contributed by atoms with Crippen molar-refractivity contribution < 1.29 is 18.0 Å². The summed E-state index contributed by atoms with van der Waals surface area (Å²) >= 11 is 6.48. The van der Waals surface area contributed by atoms with Gasteiger partial charge in [-0.1, -0.05) is 56.1 Å². The summed E-state index contributed by atoms with van der Waals surface area (Å²) in [5, 5.41) is 0. The van der Waals surface area contributed by atoms with Crippen LogP contribution < -0.4 is 0 Å². The van der Waals surface area contributed by atoms with Gasteiger partial charge in [-0.3, -0.25) is 9.59 Å². The first-order valence-corrected chi connectivity index (χ1v) is 9.95. The molecule has 120 valence electrons. The SMILES string of the molecule is O=C(CS(=O)(=O)CC(=O)c1ccc(Br)cc1)c1ccc(Br)cc1. The largest absolute Gasteiger partial charge is 0.293 e. The fourth-order valence-electron chi connectivity index (χ4n) is 1.89. The van der Waals surface area contributed by atoms with Crippen molar-refractivity contribution in [2.75, 3.05) is 11.5 Å². The highest BCUT2D eigenvalue weighted by Gasteiger charge is 2.22. The van der Waals surface area contributed by atoms with Crippen molar-refractivity contribution >= 4 is 53.3 Å². The topological polar surface area (TPSA) is 68.3 Å². The summed E-state index contributed by atoms with van der Waals surface area (Å²) in [7, 11) is -3.82. The quantitative estimate of drug-likeness (QED) is 0.617. The Hall–Kier alpha value is -1.31. The first-order valence-electron chi connectivity index (χ1n) is 6.55. The Balaban J connectivity index is 2.06. The molecule has 0 radical (unpaired) electrons. The molecule has 0 bridgehead atoms. The highest BCUT2D eigenvalue weighted by Crippen LogP contribution is 2.14. The van der Waals surface area contributed by atoms with Crippen LogP contribution in [0.3, 0.4) is 0 Å². The highest BCUT2D eigenvalue weighted by molar-refractivity contribution is 9.10. The second-order valence-corrected chi connectivity index (χ2v) is 8.79.